The van der Waals surface area contributed by atoms with Crippen LogP contribution in [0.2, 0.25) is 0 Å². The fourth-order valence-electron chi connectivity index (χ4n) is 2.05. The minimum atomic E-state index is -3.83. The number of nitrogens with one attached hydrogen (secondary N) is 1. The van der Waals surface area contributed by atoms with Gasteiger partial charge in [0.05, 0.1) is 11.3 Å². The highest BCUT2D eigenvalue weighted by Gasteiger charge is 2.32. The van der Waals surface area contributed by atoms with Gasteiger partial charge in [-0.3, -0.25) is 0 Å². The van der Waals surface area contributed by atoms with Gasteiger partial charge in [0.15, 0.2) is 0 Å². The van der Waals surface area contributed by atoms with Crippen LogP contribution in [0.15, 0.2) is 23.1 Å². The lowest BCUT2D eigenvalue weighted by Crippen LogP contribution is -2.40. The second kappa shape index (κ2) is 5.07. The maximum Gasteiger partial charge on any atom is 0.242 e. The third-order valence-corrected chi connectivity index (χ3v) is 4.70. The quantitative estimate of drug-likeness (QED) is 0.817. The predicted octanol–water partition coefficient (Wildman–Crippen LogP) is 1.26. The lowest BCUT2D eigenvalue weighted by molar-refractivity contribution is 0.0250. The molecule has 0 spiro atoms. The van der Waals surface area contributed by atoms with Crippen molar-refractivity contribution in [1.29, 1.82) is 0 Å². The molecule has 1 heterocycles. The summed E-state index contributed by atoms with van der Waals surface area (Å²) >= 11 is 0. The Hall–Kier alpha value is -1.18. The number of anilines is 1. The molecule has 1 saturated heterocycles. The maximum absolute atomic E-state index is 13.3. The van der Waals surface area contributed by atoms with E-state index in [2.05, 4.69) is 4.72 Å². The summed E-state index contributed by atoms with van der Waals surface area (Å²) in [5, 5.41) is 0. The number of ether oxygens (including phenoxy) is 1. The zero-order valence-corrected chi connectivity index (χ0v) is 11.5. The molecule has 1 atom stereocenters. The molecule has 1 aliphatic rings. The van der Waals surface area contributed by atoms with Gasteiger partial charge in [0.25, 0.3) is 0 Å². The first-order valence-electron chi connectivity index (χ1n) is 6.02. The van der Waals surface area contributed by atoms with Crippen LogP contribution in [0.4, 0.5) is 10.1 Å². The highest BCUT2D eigenvalue weighted by Crippen LogP contribution is 2.26. The number of para-hydroxylation sites is 1. The van der Waals surface area contributed by atoms with Crippen molar-refractivity contribution >= 4 is 15.7 Å². The highest BCUT2D eigenvalue weighted by molar-refractivity contribution is 7.89. The van der Waals surface area contributed by atoms with Crippen LogP contribution < -0.4 is 10.5 Å². The standard InChI is InChI=1S/C12H17FN2O3S/c1-12(6-3-7-18-12)8-15-19(16,17)10-5-2-4-9(13)11(10)14/h2,4-5,15H,3,6-8,14H2,1H3. The summed E-state index contributed by atoms with van der Waals surface area (Å²) in [6.45, 7) is 2.61. The van der Waals surface area contributed by atoms with Crippen LogP contribution in [0.1, 0.15) is 19.8 Å². The third-order valence-electron chi connectivity index (χ3n) is 3.24. The molecule has 0 radical (unpaired) electrons. The molecule has 5 nitrogen and oxygen atoms in total. The van der Waals surface area contributed by atoms with Crippen molar-refractivity contribution in [3.05, 3.63) is 24.0 Å². The van der Waals surface area contributed by atoms with Crippen LogP contribution in [-0.4, -0.2) is 27.2 Å². The third kappa shape index (κ3) is 3.05. The molecule has 2 rings (SSSR count). The molecule has 0 saturated carbocycles. The summed E-state index contributed by atoms with van der Waals surface area (Å²) in [7, 11) is -3.83. The smallest absolute Gasteiger partial charge is 0.242 e. The first-order chi connectivity index (χ1) is 8.84. The molecule has 1 aromatic rings. The zero-order chi connectivity index (χ0) is 14.1. The minimum absolute atomic E-state index is 0.144. The summed E-state index contributed by atoms with van der Waals surface area (Å²) < 4.78 is 45.4. The van der Waals surface area contributed by atoms with Gasteiger partial charge in [0, 0.05) is 13.2 Å². The van der Waals surface area contributed by atoms with E-state index in [4.69, 9.17) is 10.5 Å². The topological polar surface area (TPSA) is 81.4 Å². The minimum Gasteiger partial charge on any atom is -0.395 e. The Morgan fingerprint density at radius 1 is 1.53 bits per heavy atom. The van der Waals surface area contributed by atoms with E-state index in [9.17, 15) is 12.8 Å². The van der Waals surface area contributed by atoms with Gasteiger partial charge in [-0.25, -0.2) is 17.5 Å². The zero-order valence-electron chi connectivity index (χ0n) is 10.6. The van der Waals surface area contributed by atoms with Crippen molar-refractivity contribution < 1.29 is 17.5 Å². The molecule has 0 aliphatic carbocycles. The van der Waals surface area contributed by atoms with E-state index < -0.39 is 21.4 Å². The Morgan fingerprint density at radius 3 is 2.89 bits per heavy atom. The molecule has 1 aromatic carbocycles. The molecular formula is C12H17FN2O3S. The molecule has 7 heteroatoms. The Labute approximate surface area is 112 Å². The lowest BCUT2D eigenvalue weighted by atomic mass is 10.0. The van der Waals surface area contributed by atoms with Gasteiger partial charge in [-0.05, 0) is 31.9 Å². The van der Waals surface area contributed by atoms with Crippen LogP contribution in [0.3, 0.4) is 0 Å². The van der Waals surface area contributed by atoms with E-state index >= 15 is 0 Å². The summed E-state index contributed by atoms with van der Waals surface area (Å²) in [5.74, 6) is -0.744. The van der Waals surface area contributed by atoms with Crippen molar-refractivity contribution in [3.63, 3.8) is 0 Å². The number of benzene rings is 1. The Bertz CT molecular complexity index is 568. The van der Waals surface area contributed by atoms with Crippen molar-refractivity contribution in [2.45, 2.75) is 30.3 Å². The van der Waals surface area contributed by atoms with Crippen molar-refractivity contribution in [3.8, 4) is 0 Å². The van der Waals surface area contributed by atoms with E-state index in [0.717, 1.165) is 18.9 Å². The lowest BCUT2D eigenvalue weighted by Gasteiger charge is -2.23. The van der Waals surface area contributed by atoms with Gasteiger partial charge in [0.1, 0.15) is 10.7 Å². The number of hydrogen-bond donors (Lipinski definition) is 2. The molecule has 0 amide bonds. The maximum atomic E-state index is 13.3. The largest absolute Gasteiger partial charge is 0.395 e. The number of nitrogen functional groups attached to an aromatic ring is 1. The van der Waals surface area contributed by atoms with Gasteiger partial charge in [-0.2, -0.15) is 0 Å². The molecule has 19 heavy (non-hydrogen) atoms. The average Bonchev–Trinajstić information content (AvgIpc) is 2.78. The number of hydrogen-bond acceptors (Lipinski definition) is 4. The van der Waals surface area contributed by atoms with Gasteiger partial charge in [-0.15, -0.1) is 0 Å². The van der Waals surface area contributed by atoms with Gasteiger partial charge in [0.2, 0.25) is 10.0 Å². The van der Waals surface area contributed by atoms with Crippen LogP contribution in [0.25, 0.3) is 0 Å². The predicted molar refractivity (Wildman–Crippen MR) is 69.6 cm³/mol. The molecule has 1 aliphatic heterocycles. The van der Waals surface area contributed by atoms with Crippen LogP contribution in [-0.2, 0) is 14.8 Å². The van der Waals surface area contributed by atoms with Gasteiger partial charge >= 0.3 is 0 Å². The molecule has 1 fully saturated rings. The van der Waals surface area contributed by atoms with Crippen molar-refractivity contribution in [2.75, 3.05) is 18.9 Å². The fraction of sp³-hybridized carbons (Fsp3) is 0.500. The Balaban J connectivity index is 2.16. The van der Waals surface area contributed by atoms with E-state index in [1.54, 1.807) is 0 Å². The number of rotatable bonds is 4. The number of nitrogens with two attached hydrogens (primary N) is 1. The van der Waals surface area contributed by atoms with Gasteiger partial charge in [-0.1, -0.05) is 6.07 Å². The van der Waals surface area contributed by atoms with E-state index in [1.165, 1.54) is 12.1 Å². The van der Waals surface area contributed by atoms with Crippen LogP contribution in [0.5, 0.6) is 0 Å². The van der Waals surface area contributed by atoms with Crippen LogP contribution >= 0.6 is 0 Å². The van der Waals surface area contributed by atoms with E-state index in [-0.39, 0.29) is 17.1 Å². The molecule has 106 valence electrons. The van der Waals surface area contributed by atoms with Gasteiger partial charge < -0.3 is 10.5 Å². The average molecular weight is 288 g/mol. The Kier molecular flexibility index (Phi) is 3.80. The van der Waals surface area contributed by atoms with Crippen LogP contribution in [0, 0.1) is 5.82 Å². The Morgan fingerprint density at radius 2 is 2.26 bits per heavy atom. The number of halogens is 1. The molecule has 1 unspecified atom stereocenters. The van der Waals surface area contributed by atoms with Crippen molar-refractivity contribution in [1.82, 2.24) is 4.72 Å². The fourth-order valence-corrected chi connectivity index (χ4v) is 3.35. The first-order valence-corrected chi connectivity index (χ1v) is 7.50. The summed E-state index contributed by atoms with van der Waals surface area (Å²) in [6, 6.07) is 3.71. The SMILES string of the molecule is CC1(CNS(=O)(=O)c2cccc(F)c2N)CCCO1. The first kappa shape index (κ1) is 14.2. The van der Waals surface area contributed by atoms with Crippen molar-refractivity contribution in [2.24, 2.45) is 0 Å². The summed E-state index contributed by atoms with van der Waals surface area (Å²) in [4.78, 5) is -0.242. The number of sulfonamides is 1. The highest BCUT2D eigenvalue weighted by atomic mass is 32.2. The van der Waals surface area contributed by atoms with E-state index in [1.807, 2.05) is 6.92 Å². The second-order valence-electron chi connectivity index (χ2n) is 4.88. The summed E-state index contributed by atoms with van der Waals surface area (Å²) in [5.41, 5.74) is 4.59. The van der Waals surface area contributed by atoms with E-state index in [0.29, 0.717) is 6.61 Å². The summed E-state index contributed by atoms with van der Waals surface area (Å²) in [6.07, 6.45) is 1.69. The molecule has 0 bridgehead atoms. The normalized spacial score (nSPS) is 23.7. The molecular weight excluding hydrogens is 271 g/mol. The monoisotopic (exact) mass is 288 g/mol. The molecule has 3 N–H and O–H groups in total. The second-order valence-corrected chi connectivity index (χ2v) is 6.61. The molecule has 0 aromatic heterocycles.